The standard InChI is InChI=1S/C19H19NO5/c1-4-24-14-9-8-13(11-16(14)23-3)20-19(21)17-10-12-6-5-7-15(22-2)18(12)25-17/h5-11H,4H2,1-3H3,(H,20,21). The van der Waals surface area contributed by atoms with Crippen LogP contribution < -0.4 is 19.5 Å². The van der Waals surface area contributed by atoms with Crippen molar-refractivity contribution < 1.29 is 23.4 Å². The van der Waals surface area contributed by atoms with E-state index in [0.717, 1.165) is 5.39 Å². The SMILES string of the molecule is CCOc1ccc(NC(=O)c2cc3cccc(OC)c3o2)cc1OC. The molecule has 1 N–H and O–H groups in total. The number of para-hydroxylation sites is 1. The minimum absolute atomic E-state index is 0.201. The lowest BCUT2D eigenvalue weighted by molar-refractivity contribution is 0.0998. The predicted molar refractivity (Wildman–Crippen MR) is 94.9 cm³/mol. The van der Waals surface area contributed by atoms with Gasteiger partial charge in [0.2, 0.25) is 0 Å². The van der Waals surface area contributed by atoms with Gasteiger partial charge in [-0.05, 0) is 31.2 Å². The highest BCUT2D eigenvalue weighted by Crippen LogP contribution is 2.31. The summed E-state index contributed by atoms with van der Waals surface area (Å²) in [5.74, 6) is 1.60. The van der Waals surface area contributed by atoms with Crippen molar-refractivity contribution in [3.63, 3.8) is 0 Å². The predicted octanol–water partition coefficient (Wildman–Crippen LogP) is 4.10. The molecule has 0 aliphatic heterocycles. The Labute approximate surface area is 145 Å². The fourth-order valence-corrected chi connectivity index (χ4v) is 2.52. The summed E-state index contributed by atoms with van der Waals surface area (Å²) in [7, 11) is 3.11. The van der Waals surface area contributed by atoms with Gasteiger partial charge in [0, 0.05) is 17.1 Å². The van der Waals surface area contributed by atoms with Crippen LogP contribution in [0.1, 0.15) is 17.5 Å². The Bertz CT molecular complexity index is 900. The fourth-order valence-electron chi connectivity index (χ4n) is 2.52. The lowest BCUT2D eigenvalue weighted by Crippen LogP contribution is -2.11. The van der Waals surface area contributed by atoms with E-state index in [-0.39, 0.29) is 11.7 Å². The summed E-state index contributed by atoms with van der Waals surface area (Å²) >= 11 is 0. The molecule has 1 aromatic heterocycles. The maximum atomic E-state index is 12.5. The van der Waals surface area contributed by atoms with E-state index in [1.54, 1.807) is 44.6 Å². The van der Waals surface area contributed by atoms with Gasteiger partial charge in [-0.25, -0.2) is 0 Å². The van der Waals surface area contributed by atoms with Crippen LogP contribution >= 0.6 is 0 Å². The molecule has 1 heterocycles. The Kier molecular flexibility index (Phi) is 4.79. The highest BCUT2D eigenvalue weighted by molar-refractivity contribution is 6.05. The smallest absolute Gasteiger partial charge is 0.291 e. The molecule has 0 aliphatic carbocycles. The van der Waals surface area contributed by atoms with Gasteiger partial charge in [0.25, 0.3) is 5.91 Å². The summed E-state index contributed by atoms with van der Waals surface area (Å²) in [5, 5.41) is 3.59. The molecule has 0 bridgehead atoms. The number of hydrogen-bond acceptors (Lipinski definition) is 5. The normalized spacial score (nSPS) is 10.5. The Morgan fingerprint density at radius 3 is 2.56 bits per heavy atom. The van der Waals surface area contributed by atoms with Crippen molar-refractivity contribution in [2.24, 2.45) is 0 Å². The van der Waals surface area contributed by atoms with Crippen molar-refractivity contribution in [3.8, 4) is 17.2 Å². The Morgan fingerprint density at radius 1 is 1.04 bits per heavy atom. The molecule has 3 aromatic rings. The van der Waals surface area contributed by atoms with Gasteiger partial charge in [0.15, 0.2) is 28.6 Å². The second-order valence-corrected chi connectivity index (χ2v) is 5.24. The monoisotopic (exact) mass is 341 g/mol. The molecular weight excluding hydrogens is 322 g/mol. The lowest BCUT2D eigenvalue weighted by atomic mass is 10.2. The number of hydrogen-bond donors (Lipinski definition) is 1. The third-order valence-electron chi connectivity index (χ3n) is 3.67. The molecule has 0 aliphatic rings. The number of nitrogens with one attached hydrogen (secondary N) is 1. The largest absolute Gasteiger partial charge is 0.493 e. The highest BCUT2D eigenvalue weighted by atomic mass is 16.5. The van der Waals surface area contributed by atoms with E-state index < -0.39 is 0 Å². The first-order valence-electron chi connectivity index (χ1n) is 7.85. The number of amides is 1. The zero-order valence-electron chi connectivity index (χ0n) is 14.3. The number of benzene rings is 2. The van der Waals surface area contributed by atoms with Crippen LogP contribution in [0.2, 0.25) is 0 Å². The summed E-state index contributed by atoms with van der Waals surface area (Å²) in [6.07, 6.45) is 0. The molecule has 2 aromatic carbocycles. The minimum atomic E-state index is -0.357. The van der Waals surface area contributed by atoms with Gasteiger partial charge in [0.1, 0.15) is 0 Å². The van der Waals surface area contributed by atoms with Gasteiger partial charge >= 0.3 is 0 Å². The van der Waals surface area contributed by atoms with Gasteiger partial charge in [-0.15, -0.1) is 0 Å². The second-order valence-electron chi connectivity index (χ2n) is 5.24. The second kappa shape index (κ2) is 7.17. The van der Waals surface area contributed by atoms with Crippen molar-refractivity contribution >= 4 is 22.6 Å². The molecule has 0 fully saturated rings. The molecule has 0 saturated heterocycles. The quantitative estimate of drug-likeness (QED) is 0.731. The Balaban J connectivity index is 1.85. The molecule has 3 rings (SSSR count). The van der Waals surface area contributed by atoms with Crippen LogP contribution in [-0.2, 0) is 0 Å². The average Bonchev–Trinajstić information content (AvgIpc) is 3.07. The van der Waals surface area contributed by atoms with Crippen LogP contribution in [0.15, 0.2) is 46.9 Å². The van der Waals surface area contributed by atoms with Crippen molar-refractivity contribution in [3.05, 3.63) is 48.2 Å². The summed E-state index contributed by atoms with van der Waals surface area (Å²) in [6.45, 7) is 2.42. The first-order chi connectivity index (χ1) is 12.2. The van der Waals surface area contributed by atoms with Crippen LogP contribution in [0.5, 0.6) is 17.2 Å². The van der Waals surface area contributed by atoms with Gasteiger partial charge in [0.05, 0.1) is 20.8 Å². The molecule has 6 nitrogen and oxygen atoms in total. The molecule has 1 amide bonds. The number of furan rings is 1. The van der Waals surface area contributed by atoms with Crippen molar-refractivity contribution in [1.82, 2.24) is 0 Å². The van der Waals surface area contributed by atoms with Gasteiger partial charge < -0.3 is 23.9 Å². The lowest BCUT2D eigenvalue weighted by Gasteiger charge is -2.11. The molecule has 0 saturated carbocycles. The van der Waals surface area contributed by atoms with E-state index in [1.165, 1.54) is 0 Å². The van der Waals surface area contributed by atoms with E-state index in [2.05, 4.69) is 5.32 Å². The van der Waals surface area contributed by atoms with Gasteiger partial charge in [-0.1, -0.05) is 12.1 Å². The number of methoxy groups -OCH3 is 2. The summed E-state index contributed by atoms with van der Waals surface area (Å²) < 4.78 is 21.7. The van der Waals surface area contributed by atoms with Crippen LogP contribution in [0.25, 0.3) is 11.0 Å². The average molecular weight is 341 g/mol. The van der Waals surface area contributed by atoms with E-state index in [1.807, 2.05) is 19.1 Å². The number of carbonyl (C=O) groups is 1. The molecule has 25 heavy (non-hydrogen) atoms. The van der Waals surface area contributed by atoms with Gasteiger partial charge in [-0.2, -0.15) is 0 Å². The Hall–Kier alpha value is -3.15. The maximum Gasteiger partial charge on any atom is 0.291 e. The van der Waals surface area contributed by atoms with Crippen LogP contribution in [0.3, 0.4) is 0 Å². The van der Waals surface area contributed by atoms with Crippen molar-refractivity contribution in [2.45, 2.75) is 6.92 Å². The third kappa shape index (κ3) is 3.38. The van der Waals surface area contributed by atoms with Crippen LogP contribution in [0.4, 0.5) is 5.69 Å². The zero-order valence-corrected chi connectivity index (χ0v) is 14.3. The summed E-state index contributed by atoms with van der Waals surface area (Å²) in [4.78, 5) is 12.5. The van der Waals surface area contributed by atoms with E-state index in [9.17, 15) is 4.79 Å². The number of fused-ring (bicyclic) bond motifs is 1. The Morgan fingerprint density at radius 2 is 1.84 bits per heavy atom. The number of ether oxygens (including phenoxy) is 3. The third-order valence-corrected chi connectivity index (χ3v) is 3.67. The summed E-state index contributed by atoms with van der Waals surface area (Å²) in [5.41, 5.74) is 1.12. The first kappa shape index (κ1) is 16.7. The maximum absolute atomic E-state index is 12.5. The zero-order chi connectivity index (χ0) is 17.8. The van der Waals surface area contributed by atoms with Gasteiger partial charge in [-0.3, -0.25) is 4.79 Å². The molecule has 0 atom stereocenters. The number of anilines is 1. The minimum Gasteiger partial charge on any atom is -0.493 e. The topological polar surface area (TPSA) is 69.9 Å². The van der Waals surface area contributed by atoms with E-state index in [0.29, 0.717) is 35.1 Å². The van der Waals surface area contributed by atoms with Crippen molar-refractivity contribution in [1.29, 1.82) is 0 Å². The van der Waals surface area contributed by atoms with E-state index >= 15 is 0 Å². The molecule has 0 spiro atoms. The molecular formula is C19H19NO5. The summed E-state index contributed by atoms with van der Waals surface area (Å²) in [6, 6.07) is 12.4. The van der Waals surface area contributed by atoms with Crippen LogP contribution in [-0.4, -0.2) is 26.7 Å². The molecule has 0 unspecified atom stereocenters. The van der Waals surface area contributed by atoms with Crippen LogP contribution in [0, 0.1) is 0 Å². The molecule has 6 heteroatoms. The number of rotatable bonds is 6. The molecule has 130 valence electrons. The number of carbonyl (C=O) groups excluding carboxylic acids is 1. The fraction of sp³-hybridized carbons (Fsp3) is 0.211. The van der Waals surface area contributed by atoms with Crippen molar-refractivity contribution in [2.75, 3.05) is 26.1 Å². The highest BCUT2D eigenvalue weighted by Gasteiger charge is 2.16. The first-order valence-corrected chi connectivity index (χ1v) is 7.85. The molecule has 0 radical (unpaired) electrons. The van der Waals surface area contributed by atoms with E-state index in [4.69, 9.17) is 18.6 Å².